The van der Waals surface area contributed by atoms with Crippen molar-refractivity contribution >= 4 is 11.4 Å². The molecule has 110 valence electrons. The minimum absolute atomic E-state index is 0.117. The number of hydrogen-bond acceptors (Lipinski definition) is 5. The summed E-state index contributed by atoms with van der Waals surface area (Å²) in [5, 5.41) is 19.5. The third-order valence-electron chi connectivity index (χ3n) is 3.49. The van der Waals surface area contributed by atoms with Gasteiger partial charge in [0.1, 0.15) is 0 Å². The van der Waals surface area contributed by atoms with Crippen molar-refractivity contribution in [1.29, 1.82) is 0 Å². The van der Waals surface area contributed by atoms with E-state index in [0.29, 0.717) is 25.3 Å². The lowest BCUT2D eigenvalue weighted by molar-refractivity contribution is -0.385. The zero-order valence-electron chi connectivity index (χ0n) is 11.2. The van der Waals surface area contributed by atoms with Gasteiger partial charge in [-0.2, -0.15) is 0 Å². The third-order valence-corrected chi connectivity index (χ3v) is 3.49. The van der Waals surface area contributed by atoms with E-state index in [1.807, 2.05) is 4.90 Å². The third kappa shape index (κ3) is 3.43. The normalized spacial score (nSPS) is 17.0. The number of rotatable bonds is 4. The molecule has 1 aliphatic rings. The van der Waals surface area contributed by atoms with E-state index in [1.165, 1.54) is 12.1 Å². The molecule has 1 aromatic carbocycles. The van der Waals surface area contributed by atoms with Crippen molar-refractivity contribution in [2.45, 2.75) is 6.42 Å². The number of hydrogen-bond donors (Lipinski definition) is 1. The van der Waals surface area contributed by atoms with E-state index in [2.05, 4.69) is 4.90 Å². The van der Waals surface area contributed by atoms with Crippen LogP contribution in [0.3, 0.4) is 0 Å². The Hall–Kier alpha value is -1.73. The van der Waals surface area contributed by atoms with Crippen molar-refractivity contribution in [3.05, 3.63) is 34.1 Å². The van der Waals surface area contributed by atoms with Crippen LogP contribution in [0.4, 0.5) is 15.8 Å². The minimum Gasteiger partial charge on any atom is -0.395 e. The van der Waals surface area contributed by atoms with Crippen molar-refractivity contribution in [2.75, 3.05) is 44.2 Å². The molecule has 0 bridgehead atoms. The Morgan fingerprint density at radius 1 is 1.30 bits per heavy atom. The molecule has 0 unspecified atom stereocenters. The Labute approximate surface area is 116 Å². The Kier molecular flexibility index (Phi) is 4.86. The van der Waals surface area contributed by atoms with E-state index in [0.717, 1.165) is 25.6 Å². The van der Waals surface area contributed by atoms with Crippen LogP contribution in [-0.2, 0) is 0 Å². The van der Waals surface area contributed by atoms with Gasteiger partial charge in [0.2, 0.25) is 0 Å². The van der Waals surface area contributed by atoms with Crippen molar-refractivity contribution in [1.82, 2.24) is 4.90 Å². The molecule has 6 nitrogen and oxygen atoms in total. The Balaban J connectivity index is 2.09. The van der Waals surface area contributed by atoms with Crippen molar-refractivity contribution in [3.63, 3.8) is 0 Å². The predicted octanol–water partition coefficient (Wildman–Crippen LogP) is 1.24. The topological polar surface area (TPSA) is 69.9 Å². The van der Waals surface area contributed by atoms with Gasteiger partial charge >= 0.3 is 0 Å². The average Bonchev–Trinajstić information content (AvgIpc) is 2.65. The highest BCUT2D eigenvalue weighted by molar-refractivity contribution is 5.52. The largest absolute Gasteiger partial charge is 0.395 e. The lowest BCUT2D eigenvalue weighted by atomic mass is 10.2. The number of halogens is 1. The molecule has 0 atom stereocenters. The zero-order chi connectivity index (χ0) is 14.5. The maximum absolute atomic E-state index is 14.0. The number of non-ortho nitro benzene ring substituents is 1. The van der Waals surface area contributed by atoms with Gasteiger partial charge in [0, 0.05) is 32.2 Å². The first-order valence-corrected chi connectivity index (χ1v) is 6.64. The first kappa shape index (κ1) is 14.7. The molecule has 20 heavy (non-hydrogen) atoms. The Morgan fingerprint density at radius 2 is 2.10 bits per heavy atom. The van der Waals surface area contributed by atoms with Gasteiger partial charge in [-0.3, -0.25) is 15.0 Å². The van der Waals surface area contributed by atoms with Gasteiger partial charge in [0.15, 0.2) is 5.82 Å². The van der Waals surface area contributed by atoms with Gasteiger partial charge < -0.3 is 10.0 Å². The molecule has 2 rings (SSSR count). The summed E-state index contributed by atoms with van der Waals surface area (Å²) in [5.41, 5.74) is 0.171. The number of benzene rings is 1. The summed E-state index contributed by atoms with van der Waals surface area (Å²) < 4.78 is 14.0. The second kappa shape index (κ2) is 6.62. The summed E-state index contributed by atoms with van der Waals surface area (Å²) in [6.07, 6.45) is 0.871. The maximum atomic E-state index is 14.0. The summed E-state index contributed by atoms with van der Waals surface area (Å²) in [7, 11) is 0. The van der Waals surface area contributed by atoms with Crippen molar-refractivity contribution in [3.8, 4) is 0 Å². The highest BCUT2D eigenvalue weighted by Gasteiger charge is 2.19. The number of nitrogens with zero attached hydrogens (tertiary/aromatic N) is 3. The first-order chi connectivity index (χ1) is 9.61. The number of aliphatic hydroxyl groups excluding tert-OH is 1. The van der Waals surface area contributed by atoms with Crippen molar-refractivity contribution < 1.29 is 14.4 Å². The molecule has 0 saturated carbocycles. The second-order valence-electron chi connectivity index (χ2n) is 4.80. The van der Waals surface area contributed by atoms with E-state index in [4.69, 9.17) is 5.11 Å². The van der Waals surface area contributed by atoms with Crippen LogP contribution >= 0.6 is 0 Å². The smallest absolute Gasteiger partial charge is 0.272 e. The fraction of sp³-hybridized carbons (Fsp3) is 0.538. The monoisotopic (exact) mass is 283 g/mol. The van der Waals surface area contributed by atoms with Gasteiger partial charge in [-0.15, -0.1) is 0 Å². The van der Waals surface area contributed by atoms with Gasteiger partial charge in [-0.25, -0.2) is 4.39 Å². The minimum atomic E-state index is -0.599. The van der Waals surface area contributed by atoms with Crippen LogP contribution in [0.15, 0.2) is 18.2 Å². The Bertz CT molecular complexity index is 484. The summed E-state index contributed by atoms with van der Waals surface area (Å²) in [4.78, 5) is 14.0. The molecular formula is C13H18FN3O3. The maximum Gasteiger partial charge on any atom is 0.272 e. The van der Waals surface area contributed by atoms with Gasteiger partial charge in [-0.05, 0) is 19.0 Å². The molecule has 7 heteroatoms. The van der Waals surface area contributed by atoms with Gasteiger partial charge in [0.05, 0.1) is 23.3 Å². The molecule has 1 aromatic rings. The highest BCUT2D eigenvalue weighted by atomic mass is 19.1. The molecule has 0 radical (unpaired) electrons. The number of β-amino-alcohol motifs (C(OH)–C–C–N with tert-alkyl or cyclic N) is 1. The van der Waals surface area contributed by atoms with Crippen molar-refractivity contribution in [2.24, 2.45) is 0 Å². The molecule has 0 spiro atoms. The van der Waals surface area contributed by atoms with Crippen LogP contribution < -0.4 is 4.90 Å². The van der Waals surface area contributed by atoms with E-state index in [1.54, 1.807) is 0 Å². The fourth-order valence-electron chi connectivity index (χ4n) is 2.44. The molecule has 0 aliphatic carbocycles. The number of anilines is 1. The quantitative estimate of drug-likeness (QED) is 0.665. The number of nitro benzene ring substituents is 1. The summed E-state index contributed by atoms with van der Waals surface area (Å²) in [6.45, 7) is 3.70. The summed E-state index contributed by atoms with van der Waals surface area (Å²) >= 11 is 0. The van der Waals surface area contributed by atoms with Crippen LogP contribution in [0.1, 0.15) is 6.42 Å². The van der Waals surface area contributed by atoms with E-state index < -0.39 is 10.7 Å². The SMILES string of the molecule is O=[N+]([O-])c1ccc(N2CCCN(CCO)CC2)c(F)c1. The van der Waals surface area contributed by atoms with Crippen LogP contribution in [-0.4, -0.2) is 54.3 Å². The lowest BCUT2D eigenvalue weighted by Gasteiger charge is -2.23. The lowest BCUT2D eigenvalue weighted by Crippen LogP contribution is -2.32. The fourth-order valence-corrected chi connectivity index (χ4v) is 2.44. The van der Waals surface area contributed by atoms with Crippen LogP contribution in [0.2, 0.25) is 0 Å². The molecule has 1 N–H and O–H groups in total. The molecule has 1 fully saturated rings. The predicted molar refractivity (Wildman–Crippen MR) is 73.4 cm³/mol. The molecular weight excluding hydrogens is 265 g/mol. The van der Waals surface area contributed by atoms with E-state index in [9.17, 15) is 14.5 Å². The standard InChI is InChI=1S/C13H18FN3O3/c14-12-10-11(17(19)20)2-3-13(12)16-5-1-4-15(6-7-16)8-9-18/h2-3,10,18H,1,4-9H2. The van der Waals surface area contributed by atoms with E-state index >= 15 is 0 Å². The highest BCUT2D eigenvalue weighted by Crippen LogP contribution is 2.24. The first-order valence-electron chi connectivity index (χ1n) is 6.64. The molecule has 1 aliphatic heterocycles. The number of aliphatic hydroxyl groups is 1. The molecule has 1 saturated heterocycles. The van der Waals surface area contributed by atoms with E-state index in [-0.39, 0.29) is 12.3 Å². The van der Waals surface area contributed by atoms with Crippen LogP contribution in [0.5, 0.6) is 0 Å². The zero-order valence-corrected chi connectivity index (χ0v) is 11.2. The summed E-state index contributed by atoms with van der Waals surface area (Å²) in [6, 6.07) is 3.76. The molecule has 1 heterocycles. The number of nitro groups is 1. The Morgan fingerprint density at radius 3 is 2.75 bits per heavy atom. The summed E-state index contributed by atoms with van der Waals surface area (Å²) in [5.74, 6) is -0.560. The van der Waals surface area contributed by atoms with Crippen LogP contribution in [0, 0.1) is 15.9 Å². The van der Waals surface area contributed by atoms with Gasteiger partial charge in [0.25, 0.3) is 5.69 Å². The average molecular weight is 283 g/mol. The second-order valence-corrected chi connectivity index (χ2v) is 4.80. The van der Waals surface area contributed by atoms with Gasteiger partial charge in [-0.1, -0.05) is 0 Å². The van der Waals surface area contributed by atoms with Crippen LogP contribution in [0.25, 0.3) is 0 Å². The molecule has 0 amide bonds. The molecule has 0 aromatic heterocycles.